The topological polar surface area (TPSA) is 102 Å². The molecule has 2 N–H and O–H groups in total. The Kier molecular flexibility index (Phi) is 6.59. The Morgan fingerprint density at radius 1 is 1.07 bits per heavy atom. The lowest BCUT2D eigenvalue weighted by Gasteiger charge is -2.14. The second-order valence-electron chi connectivity index (χ2n) is 5.41. The van der Waals surface area contributed by atoms with E-state index >= 15 is 0 Å². The first-order valence-corrected chi connectivity index (χ1v) is 9.17. The molecule has 0 aliphatic rings. The van der Waals surface area contributed by atoms with E-state index in [4.69, 9.17) is 4.74 Å². The third kappa shape index (κ3) is 6.12. The number of esters is 1. The lowest BCUT2D eigenvalue weighted by Crippen LogP contribution is -2.35. The van der Waals surface area contributed by atoms with Crippen molar-refractivity contribution in [1.82, 2.24) is 4.72 Å². The van der Waals surface area contributed by atoms with Crippen LogP contribution in [-0.4, -0.2) is 32.9 Å². The van der Waals surface area contributed by atoms with E-state index < -0.39 is 46.2 Å². The van der Waals surface area contributed by atoms with Gasteiger partial charge in [-0.2, -0.15) is 4.72 Å². The van der Waals surface area contributed by atoms with E-state index in [-0.39, 0.29) is 4.90 Å². The van der Waals surface area contributed by atoms with Gasteiger partial charge in [0.05, 0.1) is 4.90 Å². The molecule has 0 unspecified atom stereocenters. The summed E-state index contributed by atoms with van der Waals surface area (Å²) in [5, 5.41) is 2.42. The molecule has 0 saturated heterocycles. The van der Waals surface area contributed by atoms with Gasteiger partial charge in [0.15, 0.2) is 6.10 Å². The molecule has 1 amide bonds. The number of carbonyl (C=O) groups excluding carboxylic acids is 2. The molecule has 0 aliphatic carbocycles. The van der Waals surface area contributed by atoms with Crippen molar-refractivity contribution in [3.8, 4) is 0 Å². The molecule has 2 rings (SSSR count). The van der Waals surface area contributed by atoms with Gasteiger partial charge in [-0.3, -0.25) is 9.59 Å². The molecule has 7 nitrogen and oxygen atoms in total. The second kappa shape index (κ2) is 8.69. The van der Waals surface area contributed by atoms with Gasteiger partial charge in [0.25, 0.3) is 5.91 Å². The van der Waals surface area contributed by atoms with Crippen LogP contribution in [0, 0.1) is 11.6 Å². The van der Waals surface area contributed by atoms with Crippen LogP contribution >= 0.6 is 0 Å². The van der Waals surface area contributed by atoms with Gasteiger partial charge in [-0.25, -0.2) is 17.2 Å². The van der Waals surface area contributed by atoms with Crippen molar-refractivity contribution in [3.63, 3.8) is 0 Å². The molecule has 2 aromatic rings. The fraction of sp³-hybridized carbons (Fsp3) is 0.176. The van der Waals surface area contributed by atoms with Crippen LogP contribution in [0.1, 0.15) is 6.92 Å². The van der Waals surface area contributed by atoms with Gasteiger partial charge in [-0.1, -0.05) is 6.07 Å². The first kappa shape index (κ1) is 20.5. The zero-order chi connectivity index (χ0) is 20.0. The lowest BCUT2D eigenvalue weighted by molar-refractivity contribution is -0.151. The lowest BCUT2D eigenvalue weighted by atomic mass is 10.3. The highest BCUT2D eigenvalue weighted by Gasteiger charge is 2.21. The number of carbonyl (C=O) groups is 2. The van der Waals surface area contributed by atoms with Crippen LogP contribution < -0.4 is 10.0 Å². The van der Waals surface area contributed by atoms with E-state index in [1.54, 1.807) is 0 Å². The van der Waals surface area contributed by atoms with Gasteiger partial charge in [-0.05, 0) is 49.4 Å². The molecule has 144 valence electrons. The van der Waals surface area contributed by atoms with E-state index in [2.05, 4.69) is 5.32 Å². The maximum absolute atomic E-state index is 13.1. The minimum atomic E-state index is -4.11. The summed E-state index contributed by atoms with van der Waals surface area (Å²) in [5.41, 5.74) is 0.302. The molecular formula is C17H16F2N2O5S. The molecular weight excluding hydrogens is 382 g/mol. The smallest absolute Gasteiger partial charge is 0.321 e. The molecule has 0 saturated carbocycles. The van der Waals surface area contributed by atoms with Gasteiger partial charge >= 0.3 is 5.97 Å². The van der Waals surface area contributed by atoms with Gasteiger partial charge in [0, 0.05) is 5.69 Å². The van der Waals surface area contributed by atoms with Crippen LogP contribution in [0.5, 0.6) is 0 Å². The number of nitrogens with one attached hydrogen (secondary N) is 2. The first-order valence-electron chi connectivity index (χ1n) is 7.68. The predicted molar refractivity (Wildman–Crippen MR) is 92.2 cm³/mol. The maximum Gasteiger partial charge on any atom is 0.321 e. The zero-order valence-corrected chi connectivity index (χ0v) is 14.9. The van der Waals surface area contributed by atoms with Crippen LogP contribution in [0.15, 0.2) is 53.4 Å². The van der Waals surface area contributed by atoms with Crippen LogP contribution in [0.2, 0.25) is 0 Å². The molecule has 0 bridgehead atoms. The minimum absolute atomic E-state index is 0.302. The molecule has 1 atom stereocenters. The summed E-state index contributed by atoms with van der Waals surface area (Å²) in [6.07, 6.45) is -1.22. The van der Waals surface area contributed by atoms with Crippen molar-refractivity contribution in [3.05, 3.63) is 60.2 Å². The normalized spacial score (nSPS) is 12.3. The number of anilines is 1. The Balaban J connectivity index is 1.87. The standard InChI is InChI=1S/C17H16F2N2O5S/c1-11(17(23)21-14-7-5-12(18)6-8-14)26-16(22)10-20-27(24,25)15-4-2-3-13(19)9-15/h2-9,11,20H,10H2,1H3,(H,21,23)/t11-/m1/s1. The largest absolute Gasteiger partial charge is 0.452 e. The first-order chi connectivity index (χ1) is 12.7. The summed E-state index contributed by atoms with van der Waals surface area (Å²) >= 11 is 0. The summed E-state index contributed by atoms with van der Waals surface area (Å²) in [5.74, 6) is -2.90. The molecule has 27 heavy (non-hydrogen) atoms. The van der Waals surface area contributed by atoms with Crippen LogP contribution in [0.3, 0.4) is 0 Å². The molecule has 0 spiro atoms. The molecule has 2 aromatic carbocycles. The highest BCUT2D eigenvalue weighted by Crippen LogP contribution is 2.11. The predicted octanol–water partition coefficient (Wildman–Crippen LogP) is 1.81. The summed E-state index contributed by atoms with van der Waals surface area (Å²) in [4.78, 5) is 23.3. The zero-order valence-electron chi connectivity index (χ0n) is 14.1. The highest BCUT2D eigenvalue weighted by molar-refractivity contribution is 7.89. The summed E-state index contributed by atoms with van der Waals surface area (Å²) < 4.78 is 56.7. The Hall–Kier alpha value is -2.85. The Morgan fingerprint density at radius 2 is 1.74 bits per heavy atom. The molecule has 0 radical (unpaired) electrons. The number of sulfonamides is 1. The van der Waals surface area contributed by atoms with E-state index in [1.165, 1.54) is 25.1 Å². The van der Waals surface area contributed by atoms with Gasteiger partial charge < -0.3 is 10.1 Å². The number of benzene rings is 2. The van der Waals surface area contributed by atoms with E-state index in [0.717, 1.165) is 30.3 Å². The number of rotatable bonds is 7. The van der Waals surface area contributed by atoms with Crippen molar-refractivity contribution in [2.75, 3.05) is 11.9 Å². The van der Waals surface area contributed by atoms with Gasteiger partial charge in [0.1, 0.15) is 18.2 Å². The molecule has 10 heteroatoms. The number of hydrogen-bond donors (Lipinski definition) is 2. The number of halogens is 2. The number of ether oxygens (including phenoxy) is 1. The van der Waals surface area contributed by atoms with Gasteiger partial charge in [0.2, 0.25) is 10.0 Å². The van der Waals surface area contributed by atoms with E-state index in [9.17, 15) is 26.8 Å². The number of amides is 1. The second-order valence-corrected chi connectivity index (χ2v) is 7.18. The summed E-state index contributed by atoms with van der Waals surface area (Å²) in [7, 11) is -4.11. The van der Waals surface area contributed by atoms with E-state index in [0.29, 0.717) is 5.69 Å². The number of hydrogen-bond acceptors (Lipinski definition) is 5. The summed E-state index contributed by atoms with van der Waals surface area (Å²) in [6, 6.07) is 9.20. The van der Waals surface area contributed by atoms with Gasteiger partial charge in [-0.15, -0.1) is 0 Å². The Bertz CT molecular complexity index is 933. The Labute approximate surface area is 154 Å². The molecule has 0 heterocycles. The van der Waals surface area contributed by atoms with E-state index in [1.807, 2.05) is 4.72 Å². The molecule has 0 aliphatic heterocycles. The van der Waals surface area contributed by atoms with Crippen LogP contribution in [0.25, 0.3) is 0 Å². The Morgan fingerprint density at radius 3 is 2.37 bits per heavy atom. The summed E-state index contributed by atoms with van der Waals surface area (Å²) in [6.45, 7) is 0.546. The van der Waals surface area contributed by atoms with Crippen LogP contribution in [0.4, 0.5) is 14.5 Å². The molecule has 0 aromatic heterocycles. The van der Waals surface area contributed by atoms with Crippen molar-refractivity contribution < 1.29 is 31.5 Å². The monoisotopic (exact) mass is 398 g/mol. The molecule has 0 fully saturated rings. The SMILES string of the molecule is C[C@@H](OC(=O)CNS(=O)(=O)c1cccc(F)c1)C(=O)Nc1ccc(F)cc1. The fourth-order valence-corrected chi connectivity index (χ4v) is 2.94. The average Bonchev–Trinajstić information content (AvgIpc) is 2.62. The third-order valence-corrected chi connectivity index (χ3v) is 4.70. The fourth-order valence-electron chi connectivity index (χ4n) is 1.94. The third-order valence-electron chi connectivity index (χ3n) is 3.30. The van der Waals surface area contributed by atoms with Crippen molar-refractivity contribution >= 4 is 27.6 Å². The highest BCUT2D eigenvalue weighted by atomic mass is 32.2. The quantitative estimate of drug-likeness (QED) is 0.693. The average molecular weight is 398 g/mol. The van der Waals surface area contributed by atoms with Crippen molar-refractivity contribution in [2.24, 2.45) is 0 Å². The maximum atomic E-state index is 13.1. The van der Waals surface area contributed by atoms with Crippen molar-refractivity contribution in [1.29, 1.82) is 0 Å². The van der Waals surface area contributed by atoms with Crippen LogP contribution in [-0.2, 0) is 24.3 Å². The minimum Gasteiger partial charge on any atom is -0.452 e. The van der Waals surface area contributed by atoms with Crippen molar-refractivity contribution in [2.45, 2.75) is 17.9 Å².